The van der Waals surface area contributed by atoms with E-state index >= 15 is 0 Å². The fourth-order valence-electron chi connectivity index (χ4n) is 4.06. The third kappa shape index (κ3) is 1.58. The van der Waals surface area contributed by atoms with Crippen molar-refractivity contribution in [3.05, 3.63) is 23.0 Å². The van der Waals surface area contributed by atoms with Crippen molar-refractivity contribution < 1.29 is 9.84 Å². The van der Waals surface area contributed by atoms with E-state index in [1.165, 1.54) is 16.9 Å². The van der Waals surface area contributed by atoms with E-state index in [9.17, 15) is 5.11 Å². The Morgan fingerprint density at radius 1 is 1.39 bits per heavy atom. The zero-order chi connectivity index (χ0) is 12.8. The lowest BCUT2D eigenvalue weighted by Crippen LogP contribution is -2.37. The van der Waals surface area contributed by atoms with Crippen LogP contribution in [0.15, 0.2) is 23.0 Å². The fourth-order valence-corrected chi connectivity index (χ4v) is 4.06. The van der Waals surface area contributed by atoms with Crippen LogP contribution in [-0.2, 0) is 4.74 Å². The van der Waals surface area contributed by atoms with Crippen molar-refractivity contribution in [3.8, 4) is 0 Å². The Morgan fingerprint density at radius 2 is 2.22 bits per heavy atom. The molecule has 0 aromatic carbocycles. The van der Waals surface area contributed by atoms with Crippen molar-refractivity contribution in [1.82, 2.24) is 0 Å². The first-order valence-corrected chi connectivity index (χ1v) is 7.49. The topological polar surface area (TPSA) is 29.5 Å². The third-order valence-electron chi connectivity index (χ3n) is 5.29. The maximum atomic E-state index is 10.3. The summed E-state index contributed by atoms with van der Waals surface area (Å²) < 4.78 is 6.13. The van der Waals surface area contributed by atoms with Gasteiger partial charge in [0.1, 0.15) is 0 Å². The number of aliphatic hydroxyl groups is 1. The first kappa shape index (κ1) is 12.3. The van der Waals surface area contributed by atoms with Gasteiger partial charge < -0.3 is 9.84 Å². The first-order chi connectivity index (χ1) is 8.71. The van der Waals surface area contributed by atoms with Gasteiger partial charge in [0.25, 0.3) is 0 Å². The molecule has 100 valence electrons. The minimum Gasteiger partial charge on any atom is -0.494 e. The molecule has 1 N–H and O–H groups in total. The van der Waals surface area contributed by atoms with Gasteiger partial charge in [-0.15, -0.1) is 0 Å². The van der Waals surface area contributed by atoms with Gasteiger partial charge in [0, 0.05) is 11.8 Å². The van der Waals surface area contributed by atoms with Crippen LogP contribution in [0.25, 0.3) is 0 Å². The van der Waals surface area contributed by atoms with E-state index in [0.29, 0.717) is 6.10 Å². The molecule has 2 heteroatoms. The lowest BCUT2D eigenvalue weighted by Gasteiger charge is -2.43. The number of aliphatic hydroxyl groups excluding tert-OH is 1. The van der Waals surface area contributed by atoms with E-state index in [4.69, 9.17) is 4.74 Å². The second-order valence-corrected chi connectivity index (χ2v) is 5.97. The molecule has 1 aliphatic heterocycles. The van der Waals surface area contributed by atoms with Crippen molar-refractivity contribution in [3.63, 3.8) is 0 Å². The van der Waals surface area contributed by atoms with Crippen molar-refractivity contribution in [2.45, 2.75) is 71.0 Å². The summed E-state index contributed by atoms with van der Waals surface area (Å²) in [6.45, 7) is 4.42. The van der Waals surface area contributed by atoms with Gasteiger partial charge in [-0.1, -0.05) is 19.9 Å². The Kier molecular flexibility index (Phi) is 3.01. The van der Waals surface area contributed by atoms with Gasteiger partial charge in [-0.3, -0.25) is 0 Å². The normalized spacial score (nSPS) is 38.9. The molecule has 3 aliphatic rings. The average molecular weight is 248 g/mol. The Labute approximate surface area is 110 Å². The fraction of sp³-hybridized carbons (Fsp3) is 0.750. The van der Waals surface area contributed by atoms with Gasteiger partial charge in [0.15, 0.2) is 0 Å². The van der Waals surface area contributed by atoms with E-state index in [-0.39, 0.29) is 11.5 Å². The summed E-state index contributed by atoms with van der Waals surface area (Å²) in [5.41, 5.74) is 2.90. The second kappa shape index (κ2) is 4.41. The van der Waals surface area contributed by atoms with Crippen molar-refractivity contribution in [2.24, 2.45) is 5.41 Å². The lowest BCUT2D eigenvalue weighted by atomic mass is 9.66. The minimum atomic E-state index is -0.171. The molecule has 0 saturated heterocycles. The van der Waals surface area contributed by atoms with Gasteiger partial charge in [0.05, 0.1) is 18.0 Å². The molecule has 0 bridgehead atoms. The molecular formula is C16H24O2. The maximum Gasteiger partial charge on any atom is 0.0999 e. The van der Waals surface area contributed by atoms with Crippen LogP contribution in [0.5, 0.6) is 0 Å². The molecule has 0 aromatic rings. The van der Waals surface area contributed by atoms with Crippen LogP contribution in [0.1, 0.15) is 58.8 Å². The highest BCUT2D eigenvalue weighted by Gasteiger charge is 2.48. The summed E-state index contributed by atoms with van der Waals surface area (Å²) in [5.74, 6) is 1.23. The number of fused-ring (bicyclic) bond motifs is 2. The molecule has 0 amide bonds. The van der Waals surface area contributed by atoms with Crippen molar-refractivity contribution in [2.75, 3.05) is 0 Å². The predicted molar refractivity (Wildman–Crippen MR) is 72.1 cm³/mol. The third-order valence-corrected chi connectivity index (χ3v) is 5.29. The van der Waals surface area contributed by atoms with Crippen molar-refractivity contribution >= 4 is 0 Å². The van der Waals surface area contributed by atoms with Gasteiger partial charge >= 0.3 is 0 Å². The molecule has 1 heterocycles. The van der Waals surface area contributed by atoms with Gasteiger partial charge in [0.2, 0.25) is 0 Å². The van der Waals surface area contributed by atoms with Crippen LogP contribution in [0.2, 0.25) is 0 Å². The summed E-state index contributed by atoms with van der Waals surface area (Å²) in [5, 5.41) is 10.3. The summed E-state index contributed by atoms with van der Waals surface area (Å²) in [6, 6.07) is 0. The predicted octanol–water partition coefficient (Wildman–Crippen LogP) is 3.71. The van der Waals surface area contributed by atoms with E-state index in [1.807, 2.05) is 0 Å². The Hall–Kier alpha value is -0.760. The molecule has 0 saturated carbocycles. The SMILES string of the molecule is CCC1CCC2=C(CCC3(CC)C2=CCC3O)O1. The van der Waals surface area contributed by atoms with Crippen LogP contribution in [0.3, 0.4) is 0 Å². The molecule has 2 nitrogen and oxygen atoms in total. The standard InChI is InChI=1S/C16H24O2/c1-3-11-5-6-12-13-7-8-15(17)16(13,4-2)10-9-14(12)18-11/h7,11,15,17H,3-6,8-10H2,1-2H3. The molecule has 2 aliphatic carbocycles. The number of ether oxygens (including phenoxy) is 1. The molecule has 0 aromatic heterocycles. The number of allylic oxidation sites excluding steroid dienone is 2. The zero-order valence-corrected chi connectivity index (χ0v) is 11.5. The summed E-state index contributed by atoms with van der Waals surface area (Å²) in [7, 11) is 0. The molecule has 18 heavy (non-hydrogen) atoms. The van der Waals surface area contributed by atoms with Crippen LogP contribution in [0.4, 0.5) is 0 Å². The van der Waals surface area contributed by atoms with E-state index in [2.05, 4.69) is 19.9 Å². The Balaban J connectivity index is 1.95. The van der Waals surface area contributed by atoms with Crippen LogP contribution >= 0.6 is 0 Å². The molecule has 0 spiro atoms. The van der Waals surface area contributed by atoms with Gasteiger partial charge in [-0.05, 0) is 49.7 Å². The summed E-state index contributed by atoms with van der Waals surface area (Å²) in [6.07, 6.45) is 9.89. The monoisotopic (exact) mass is 248 g/mol. The number of rotatable bonds is 2. The van der Waals surface area contributed by atoms with E-state index in [1.54, 1.807) is 0 Å². The molecular weight excluding hydrogens is 224 g/mol. The van der Waals surface area contributed by atoms with Crippen LogP contribution < -0.4 is 0 Å². The maximum absolute atomic E-state index is 10.3. The molecule has 3 atom stereocenters. The van der Waals surface area contributed by atoms with E-state index < -0.39 is 0 Å². The second-order valence-electron chi connectivity index (χ2n) is 5.97. The highest BCUT2D eigenvalue weighted by Crippen LogP contribution is 2.55. The van der Waals surface area contributed by atoms with Crippen molar-refractivity contribution in [1.29, 1.82) is 0 Å². The molecule has 0 radical (unpaired) electrons. The summed E-state index contributed by atoms with van der Waals surface area (Å²) >= 11 is 0. The Bertz CT molecular complexity index is 407. The highest BCUT2D eigenvalue weighted by molar-refractivity contribution is 5.46. The number of hydrogen-bond acceptors (Lipinski definition) is 2. The highest BCUT2D eigenvalue weighted by atomic mass is 16.5. The van der Waals surface area contributed by atoms with E-state index in [0.717, 1.165) is 44.9 Å². The van der Waals surface area contributed by atoms with Crippen LogP contribution in [0, 0.1) is 5.41 Å². The number of hydrogen-bond donors (Lipinski definition) is 1. The lowest BCUT2D eigenvalue weighted by molar-refractivity contribution is 0.0304. The summed E-state index contributed by atoms with van der Waals surface area (Å²) in [4.78, 5) is 0. The Morgan fingerprint density at radius 3 is 2.94 bits per heavy atom. The average Bonchev–Trinajstić information content (AvgIpc) is 2.76. The molecule has 0 fully saturated rings. The largest absolute Gasteiger partial charge is 0.494 e. The minimum absolute atomic E-state index is 0.0429. The van der Waals surface area contributed by atoms with Crippen LogP contribution in [-0.4, -0.2) is 17.3 Å². The first-order valence-electron chi connectivity index (χ1n) is 7.49. The smallest absolute Gasteiger partial charge is 0.0999 e. The van der Waals surface area contributed by atoms with Gasteiger partial charge in [-0.2, -0.15) is 0 Å². The zero-order valence-electron chi connectivity index (χ0n) is 11.5. The van der Waals surface area contributed by atoms with Gasteiger partial charge in [-0.25, -0.2) is 0 Å². The molecule has 3 unspecified atom stereocenters. The molecule has 3 rings (SSSR count). The quantitative estimate of drug-likeness (QED) is 0.807.